The number of hydrogen-bond donors (Lipinski definition) is 2. The highest BCUT2D eigenvalue weighted by Crippen LogP contribution is 2.43. The molecular formula is C35H42N4O12S2. The molecular weight excluding hydrogens is 733 g/mol. The third-order valence-electron chi connectivity index (χ3n) is 8.89. The first-order valence-corrected chi connectivity index (χ1v) is 19.4. The van der Waals surface area contributed by atoms with E-state index >= 15 is 0 Å². The van der Waals surface area contributed by atoms with E-state index in [1.54, 1.807) is 70.7 Å². The second kappa shape index (κ2) is 16.3. The third-order valence-corrected chi connectivity index (χ3v) is 10.4. The van der Waals surface area contributed by atoms with Crippen molar-refractivity contribution in [1.82, 2.24) is 9.97 Å². The van der Waals surface area contributed by atoms with Gasteiger partial charge < -0.3 is 38.2 Å². The molecule has 2 aromatic carbocycles. The molecule has 0 spiro atoms. The Labute approximate surface area is 308 Å². The van der Waals surface area contributed by atoms with Crippen molar-refractivity contribution in [3.05, 3.63) is 60.9 Å². The van der Waals surface area contributed by atoms with Gasteiger partial charge in [0.15, 0.2) is 23.0 Å². The maximum Gasteiger partial charge on any atom is 0.266 e. The van der Waals surface area contributed by atoms with Gasteiger partial charge in [0.2, 0.25) is 11.5 Å². The highest BCUT2D eigenvalue weighted by molar-refractivity contribution is 7.86. The van der Waals surface area contributed by atoms with Crippen LogP contribution in [0.5, 0.6) is 34.5 Å². The molecule has 2 unspecified atom stereocenters. The van der Waals surface area contributed by atoms with E-state index in [-0.39, 0.29) is 13.1 Å². The standard InChI is InChI=1S/C35H42N4O12S2/c1-46-28-14-24(15-29(47-2)34(28)50-5)22-8-10-32(36-18-22)38-12-7-13-39(27(21-53(43,44)45)26(38)20-52(40,41)42)33-11-9-23(19-37-33)25-16-30(48-3)35(51-6)31(17-25)49-4/h8-11,14-19,26-27H,7,12-13,20-21H2,1-6H3,(H,40,41,42)(H,43,44,45). The van der Waals surface area contributed by atoms with Crippen molar-refractivity contribution >= 4 is 31.9 Å². The van der Waals surface area contributed by atoms with E-state index < -0.39 is 43.8 Å². The Morgan fingerprint density at radius 2 is 0.906 bits per heavy atom. The Balaban J connectivity index is 1.54. The van der Waals surface area contributed by atoms with Crippen molar-refractivity contribution in [1.29, 1.82) is 0 Å². The van der Waals surface area contributed by atoms with Gasteiger partial charge in [0.1, 0.15) is 11.6 Å². The van der Waals surface area contributed by atoms with Crippen LogP contribution in [-0.2, 0) is 20.2 Å². The number of hydrogen-bond acceptors (Lipinski definition) is 14. The number of ether oxygens (including phenoxy) is 6. The molecule has 1 saturated heterocycles. The maximum atomic E-state index is 12.5. The summed E-state index contributed by atoms with van der Waals surface area (Å²) in [7, 11) is -0.341. The summed E-state index contributed by atoms with van der Waals surface area (Å²) < 4.78 is 103. The maximum absolute atomic E-state index is 12.5. The molecule has 1 aliphatic rings. The number of methoxy groups -OCH3 is 6. The predicted molar refractivity (Wildman–Crippen MR) is 198 cm³/mol. The smallest absolute Gasteiger partial charge is 0.266 e. The zero-order chi connectivity index (χ0) is 38.5. The molecule has 3 heterocycles. The zero-order valence-corrected chi connectivity index (χ0v) is 31.7. The second-order valence-corrected chi connectivity index (χ2v) is 15.0. The van der Waals surface area contributed by atoms with E-state index in [9.17, 15) is 25.9 Å². The van der Waals surface area contributed by atoms with Crippen LogP contribution in [0.15, 0.2) is 60.9 Å². The molecule has 0 bridgehead atoms. The Kier molecular flexibility index (Phi) is 12.1. The van der Waals surface area contributed by atoms with Crippen LogP contribution >= 0.6 is 0 Å². The Morgan fingerprint density at radius 1 is 0.566 bits per heavy atom. The van der Waals surface area contributed by atoms with Crippen LogP contribution in [0.25, 0.3) is 22.3 Å². The van der Waals surface area contributed by atoms with Gasteiger partial charge in [-0.25, -0.2) is 9.97 Å². The minimum Gasteiger partial charge on any atom is -0.493 e. The lowest BCUT2D eigenvalue weighted by molar-refractivity contribution is 0.324. The first kappa shape index (κ1) is 39.2. The van der Waals surface area contributed by atoms with Crippen LogP contribution in [0, 0.1) is 0 Å². The molecule has 0 aliphatic carbocycles. The predicted octanol–water partition coefficient (Wildman–Crippen LogP) is 4.09. The van der Waals surface area contributed by atoms with E-state index in [1.165, 1.54) is 42.7 Å². The Bertz CT molecular complexity index is 1910. The number of benzene rings is 2. The van der Waals surface area contributed by atoms with Gasteiger partial charge in [-0.1, -0.05) is 0 Å². The fraction of sp³-hybridized carbons (Fsp3) is 0.371. The van der Waals surface area contributed by atoms with Gasteiger partial charge in [0.25, 0.3) is 20.2 Å². The van der Waals surface area contributed by atoms with Gasteiger partial charge in [0, 0.05) is 36.6 Å². The van der Waals surface area contributed by atoms with Crippen LogP contribution in [0.2, 0.25) is 0 Å². The van der Waals surface area contributed by atoms with Gasteiger partial charge in [-0.15, -0.1) is 0 Å². The van der Waals surface area contributed by atoms with Crippen LogP contribution in [-0.4, -0.2) is 115 Å². The van der Waals surface area contributed by atoms with Gasteiger partial charge in [-0.05, 0) is 66.1 Å². The van der Waals surface area contributed by atoms with E-state index in [2.05, 4.69) is 9.97 Å². The van der Waals surface area contributed by atoms with Crippen molar-refractivity contribution in [2.45, 2.75) is 18.5 Å². The fourth-order valence-corrected chi connectivity index (χ4v) is 8.18. The Morgan fingerprint density at radius 3 is 1.15 bits per heavy atom. The van der Waals surface area contributed by atoms with E-state index in [0.29, 0.717) is 74.8 Å². The summed E-state index contributed by atoms with van der Waals surface area (Å²) in [6.45, 7) is 0.470. The molecule has 5 rings (SSSR count). The van der Waals surface area contributed by atoms with Crippen molar-refractivity contribution in [3.8, 4) is 56.8 Å². The normalized spacial score (nSPS) is 16.5. The summed E-state index contributed by atoms with van der Waals surface area (Å²) in [5.41, 5.74) is 2.73. The summed E-state index contributed by atoms with van der Waals surface area (Å²) >= 11 is 0. The van der Waals surface area contributed by atoms with Crippen molar-refractivity contribution in [3.63, 3.8) is 0 Å². The summed E-state index contributed by atoms with van der Waals surface area (Å²) in [5.74, 6) is 1.50. The summed E-state index contributed by atoms with van der Waals surface area (Å²) in [6.07, 6.45) is 3.56. The number of nitrogens with zero attached hydrogens (tertiary/aromatic N) is 4. The van der Waals surface area contributed by atoms with Crippen LogP contribution in [0.1, 0.15) is 6.42 Å². The van der Waals surface area contributed by atoms with Crippen LogP contribution in [0.4, 0.5) is 11.6 Å². The summed E-state index contributed by atoms with van der Waals surface area (Å²) in [6, 6.07) is 11.5. The number of rotatable bonds is 14. The van der Waals surface area contributed by atoms with Gasteiger partial charge in [0.05, 0.1) is 66.2 Å². The first-order chi connectivity index (χ1) is 25.2. The molecule has 18 heteroatoms. The quantitative estimate of drug-likeness (QED) is 0.174. The average Bonchev–Trinajstić information content (AvgIpc) is 3.30. The Hall–Kier alpha value is -5.04. The minimum atomic E-state index is -4.68. The molecule has 0 saturated carbocycles. The summed E-state index contributed by atoms with van der Waals surface area (Å²) in [5, 5.41) is 0. The number of aromatic nitrogens is 2. The average molecular weight is 775 g/mol. The minimum absolute atomic E-state index is 0.235. The summed E-state index contributed by atoms with van der Waals surface area (Å²) in [4.78, 5) is 12.5. The molecule has 2 aromatic heterocycles. The second-order valence-electron chi connectivity index (χ2n) is 12.0. The van der Waals surface area contributed by atoms with Crippen LogP contribution < -0.4 is 38.2 Å². The number of anilines is 2. The van der Waals surface area contributed by atoms with Crippen LogP contribution in [0.3, 0.4) is 0 Å². The molecule has 2 atom stereocenters. The van der Waals surface area contributed by atoms with Crippen molar-refractivity contribution in [2.75, 3.05) is 77.1 Å². The van der Waals surface area contributed by atoms with E-state index in [4.69, 9.17) is 28.4 Å². The van der Waals surface area contributed by atoms with E-state index in [1.807, 2.05) is 0 Å². The molecule has 1 aliphatic heterocycles. The zero-order valence-electron chi connectivity index (χ0n) is 30.0. The third kappa shape index (κ3) is 8.95. The van der Waals surface area contributed by atoms with Gasteiger partial charge in [-0.2, -0.15) is 16.8 Å². The van der Waals surface area contributed by atoms with E-state index in [0.717, 1.165) is 0 Å². The first-order valence-electron chi connectivity index (χ1n) is 16.2. The molecule has 286 valence electrons. The fourth-order valence-electron chi connectivity index (χ4n) is 6.51. The van der Waals surface area contributed by atoms with Crippen molar-refractivity contribution < 1.29 is 54.4 Å². The molecule has 2 N–H and O–H groups in total. The molecule has 0 amide bonds. The lowest BCUT2D eigenvalue weighted by Gasteiger charge is -2.39. The van der Waals surface area contributed by atoms with Gasteiger partial charge in [-0.3, -0.25) is 9.11 Å². The molecule has 1 fully saturated rings. The molecule has 53 heavy (non-hydrogen) atoms. The SMILES string of the molecule is COc1cc(-c2ccc(N3CCCN(c4ccc(-c5cc(OC)c(OC)c(OC)c5)cn4)C(CS(=O)(=O)O)C3CS(=O)(=O)O)nc2)cc(OC)c1OC. The monoisotopic (exact) mass is 774 g/mol. The molecule has 0 radical (unpaired) electrons. The van der Waals surface area contributed by atoms with Gasteiger partial charge >= 0.3 is 0 Å². The lowest BCUT2D eigenvalue weighted by Crippen LogP contribution is -2.56. The number of pyridine rings is 2. The lowest BCUT2D eigenvalue weighted by atomic mass is 10.1. The topological polar surface area (TPSA) is 196 Å². The highest BCUT2D eigenvalue weighted by Gasteiger charge is 2.41. The van der Waals surface area contributed by atoms with Crippen molar-refractivity contribution in [2.24, 2.45) is 0 Å². The molecule has 16 nitrogen and oxygen atoms in total. The highest BCUT2D eigenvalue weighted by atomic mass is 32.2. The largest absolute Gasteiger partial charge is 0.493 e. The molecule has 4 aromatic rings.